The number of hydrogen-bond acceptors (Lipinski definition) is 4. The molecule has 2 N–H and O–H groups in total. The van der Waals surface area contributed by atoms with Gasteiger partial charge in [0.1, 0.15) is 6.61 Å². The number of benzene rings is 2. The summed E-state index contributed by atoms with van der Waals surface area (Å²) in [6.07, 6.45) is 3.31. The Balaban J connectivity index is 1.20. The van der Waals surface area contributed by atoms with Crippen molar-refractivity contribution >= 4 is 18.0 Å². The summed E-state index contributed by atoms with van der Waals surface area (Å²) >= 11 is 0. The van der Waals surface area contributed by atoms with Gasteiger partial charge < -0.3 is 20.1 Å². The number of carboxylic acids is 1. The van der Waals surface area contributed by atoms with Gasteiger partial charge in [-0.2, -0.15) is 0 Å². The number of carbonyl (C=O) groups is 3. The topological polar surface area (TPSA) is 95.9 Å². The zero-order valence-electron chi connectivity index (χ0n) is 19.2. The van der Waals surface area contributed by atoms with Crippen LogP contribution in [0.5, 0.6) is 0 Å². The minimum absolute atomic E-state index is 0.0150. The van der Waals surface area contributed by atoms with E-state index in [1.165, 1.54) is 11.1 Å². The highest BCUT2D eigenvalue weighted by Gasteiger charge is 2.48. The van der Waals surface area contributed by atoms with E-state index in [0.717, 1.165) is 24.0 Å². The number of nitrogens with one attached hydrogen (secondary N) is 1. The van der Waals surface area contributed by atoms with Gasteiger partial charge in [-0.05, 0) is 47.9 Å². The molecule has 2 aromatic rings. The lowest BCUT2D eigenvalue weighted by molar-refractivity contribution is -0.149. The molecular formula is C27H30N2O5. The lowest BCUT2D eigenvalue weighted by Crippen LogP contribution is -2.55. The molecule has 2 aliphatic carbocycles. The third-order valence-electron chi connectivity index (χ3n) is 7.73. The van der Waals surface area contributed by atoms with E-state index in [-0.39, 0.29) is 37.4 Å². The Hall–Kier alpha value is -3.35. The van der Waals surface area contributed by atoms with Crippen LogP contribution in [-0.2, 0) is 14.3 Å². The molecule has 1 atom stereocenters. The van der Waals surface area contributed by atoms with Crippen LogP contribution in [0.1, 0.15) is 55.6 Å². The predicted molar refractivity (Wildman–Crippen MR) is 126 cm³/mol. The van der Waals surface area contributed by atoms with Gasteiger partial charge in [-0.15, -0.1) is 0 Å². The maximum Gasteiger partial charge on any atom is 0.407 e. The molecule has 2 fully saturated rings. The molecule has 1 saturated heterocycles. The zero-order valence-corrected chi connectivity index (χ0v) is 19.2. The van der Waals surface area contributed by atoms with Crippen molar-refractivity contribution in [3.63, 3.8) is 0 Å². The molecule has 1 aliphatic heterocycles. The molecule has 0 radical (unpaired) electrons. The molecule has 1 saturated carbocycles. The molecule has 7 heteroatoms. The summed E-state index contributed by atoms with van der Waals surface area (Å²) in [5, 5.41) is 12.0. The third kappa shape index (κ3) is 4.04. The monoisotopic (exact) mass is 462 g/mol. The van der Waals surface area contributed by atoms with Crippen molar-refractivity contribution in [2.24, 2.45) is 5.41 Å². The summed E-state index contributed by atoms with van der Waals surface area (Å²) in [5.41, 5.74) is 4.01. The number of likely N-dealkylation sites (tertiary alicyclic amines) is 1. The van der Waals surface area contributed by atoms with Crippen LogP contribution in [0, 0.1) is 5.41 Å². The molecule has 2 amide bonds. The highest BCUT2D eigenvalue weighted by molar-refractivity contribution is 5.86. The molecular weight excluding hydrogens is 432 g/mol. The fraction of sp³-hybridized carbons (Fsp3) is 0.444. The standard InChI is InChI=1S/C27H30N2O5/c30-24(31)15-18-7-5-14-29(18)25(32)27(12-6-13-27)17-28-26(33)34-16-23-21-10-3-1-8-19(21)20-9-2-4-11-22(20)23/h1-4,8-11,18,23H,5-7,12-17H2,(H,28,33)(H,30,31). The van der Waals surface area contributed by atoms with Gasteiger partial charge in [0.2, 0.25) is 5.91 Å². The Morgan fingerprint density at radius 2 is 1.65 bits per heavy atom. The number of hydrogen-bond donors (Lipinski definition) is 2. The van der Waals surface area contributed by atoms with Crippen molar-refractivity contribution in [1.29, 1.82) is 0 Å². The fourth-order valence-electron chi connectivity index (χ4n) is 5.78. The SMILES string of the molecule is O=C(O)CC1CCCN1C(=O)C1(CNC(=O)OCC2c3ccccc3-c3ccccc32)CCC1. The first-order valence-electron chi connectivity index (χ1n) is 12.1. The first-order valence-corrected chi connectivity index (χ1v) is 12.1. The number of aliphatic carboxylic acids is 1. The molecule has 2 aromatic carbocycles. The van der Waals surface area contributed by atoms with E-state index in [9.17, 15) is 19.5 Å². The van der Waals surface area contributed by atoms with Crippen molar-refractivity contribution in [3.05, 3.63) is 59.7 Å². The van der Waals surface area contributed by atoms with E-state index in [1.807, 2.05) is 24.3 Å². The predicted octanol–water partition coefficient (Wildman–Crippen LogP) is 4.16. The number of nitrogens with zero attached hydrogens (tertiary/aromatic N) is 1. The van der Waals surface area contributed by atoms with E-state index < -0.39 is 17.5 Å². The number of ether oxygens (including phenoxy) is 1. The van der Waals surface area contributed by atoms with Gasteiger partial charge in [0.15, 0.2) is 0 Å². The second-order valence-electron chi connectivity index (χ2n) is 9.71. The number of alkyl carbamates (subject to hydrolysis) is 1. The van der Waals surface area contributed by atoms with Crippen LogP contribution < -0.4 is 5.32 Å². The summed E-state index contributed by atoms with van der Waals surface area (Å²) in [6, 6.07) is 16.1. The maximum absolute atomic E-state index is 13.3. The second-order valence-corrected chi connectivity index (χ2v) is 9.71. The molecule has 1 heterocycles. The average Bonchev–Trinajstić information content (AvgIpc) is 3.39. The van der Waals surface area contributed by atoms with E-state index in [0.29, 0.717) is 25.8 Å². The Kier molecular flexibility index (Phi) is 6.02. The highest BCUT2D eigenvalue weighted by atomic mass is 16.5. The smallest absolute Gasteiger partial charge is 0.407 e. The lowest BCUT2D eigenvalue weighted by atomic mass is 9.67. The summed E-state index contributed by atoms with van der Waals surface area (Å²) < 4.78 is 5.63. The normalized spacial score (nSPS) is 20.2. The van der Waals surface area contributed by atoms with Crippen LogP contribution in [0.2, 0.25) is 0 Å². The van der Waals surface area contributed by atoms with Gasteiger partial charge in [-0.3, -0.25) is 9.59 Å². The van der Waals surface area contributed by atoms with Gasteiger partial charge in [0, 0.05) is 25.0 Å². The van der Waals surface area contributed by atoms with Crippen LogP contribution in [-0.4, -0.2) is 53.7 Å². The quantitative estimate of drug-likeness (QED) is 0.644. The number of rotatable bonds is 7. The first-order chi connectivity index (χ1) is 16.5. The van der Waals surface area contributed by atoms with Gasteiger partial charge in [0.25, 0.3) is 0 Å². The first kappa shape index (κ1) is 22.4. The van der Waals surface area contributed by atoms with Gasteiger partial charge in [-0.1, -0.05) is 55.0 Å². The largest absolute Gasteiger partial charge is 0.481 e. The second kappa shape index (κ2) is 9.12. The Bertz CT molecular complexity index is 1060. The lowest BCUT2D eigenvalue weighted by Gasteiger charge is -2.43. The number of fused-ring (bicyclic) bond motifs is 3. The third-order valence-corrected chi connectivity index (χ3v) is 7.73. The minimum Gasteiger partial charge on any atom is -0.481 e. The van der Waals surface area contributed by atoms with Crippen LogP contribution in [0.3, 0.4) is 0 Å². The molecule has 0 bridgehead atoms. The molecule has 0 spiro atoms. The van der Waals surface area contributed by atoms with Crippen molar-refractivity contribution in [3.8, 4) is 11.1 Å². The van der Waals surface area contributed by atoms with Crippen LogP contribution in [0.4, 0.5) is 4.79 Å². The highest BCUT2D eigenvalue weighted by Crippen LogP contribution is 2.45. The molecule has 5 rings (SSSR count). The van der Waals surface area contributed by atoms with Crippen LogP contribution in [0.15, 0.2) is 48.5 Å². The zero-order chi connectivity index (χ0) is 23.7. The Labute approximate surface area is 199 Å². The molecule has 0 aromatic heterocycles. The molecule has 3 aliphatic rings. The van der Waals surface area contributed by atoms with Gasteiger partial charge >= 0.3 is 12.1 Å². The Morgan fingerprint density at radius 1 is 1.00 bits per heavy atom. The van der Waals surface area contributed by atoms with Crippen molar-refractivity contribution < 1.29 is 24.2 Å². The Morgan fingerprint density at radius 3 is 2.24 bits per heavy atom. The molecule has 34 heavy (non-hydrogen) atoms. The number of amides is 2. The van der Waals surface area contributed by atoms with Crippen molar-refractivity contribution in [2.45, 2.75) is 50.5 Å². The van der Waals surface area contributed by atoms with Crippen LogP contribution >= 0.6 is 0 Å². The summed E-state index contributed by atoms with van der Waals surface area (Å²) in [6.45, 7) is 1.04. The van der Waals surface area contributed by atoms with Crippen molar-refractivity contribution in [1.82, 2.24) is 10.2 Å². The van der Waals surface area contributed by atoms with E-state index >= 15 is 0 Å². The summed E-state index contributed by atoms with van der Waals surface area (Å²) in [5.74, 6) is -0.926. The molecule has 7 nitrogen and oxygen atoms in total. The average molecular weight is 463 g/mol. The molecule has 178 valence electrons. The summed E-state index contributed by atoms with van der Waals surface area (Å²) in [7, 11) is 0. The van der Waals surface area contributed by atoms with Gasteiger partial charge in [-0.25, -0.2) is 4.79 Å². The fourth-order valence-corrected chi connectivity index (χ4v) is 5.78. The number of carbonyl (C=O) groups excluding carboxylic acids is 2. The van der Waals surface area contributed by atoms with Gasteiger partial charge in [0.05, 0.1) is 11.8 Å². The number of carboxylic acid groups (broad SMARTS) is 1. The minimum atomic E-state index is -0.885. The van der Waals surface area contributed by atoms with E-state index in [2.05, 4.69) is 29.6 Å². The van der Waals surface area contributed by atoms with E-state index in [4.69, 9.17) is 4.74 Å². The molecule has 1 unspecified atom stereocenters. The van der Waals surface area contributed by atoms with Crippen molar-refractivity contribution in [2.75, 3.05) is 19.7 Å². The maximum atomic E-state index is 13.3. The van der Waals surface area contributed by atoms with E-state index in [1.54, 1.807) is 4.90 Å². The summed E-state index contributed by atoms with van der Waals surface area (Å²) in [4.78, 5) is 38.9. The van der Waals surface area contributed by atoms with Crippen LogP contribution in [0.25, 0.3) is 11.1 Å².